The second-order valence-corrected chi connectivity index (χ2v) is 4.76. The fourth-order valence-corrected chi connectivity index (χ4v) is 2.17. The summed E-state index contributed by atoms with van der Waals surface area (Å²) in [6, 6.07) is 6.20. The summed E-state index contributed by atoms with van der Waals surface area (Å²) < 4.78 is 11.7. The lowest BCUT2D eigenvalue weighted by atomic mass is 10.1. The topological polar surface area (TPSA) is 30.5 Å². The van der Waals surface area contributed by atoms with E-state index in [0.717, 1.165) is 18.8 Å². The van der Waals surface area contributed by atoms with Gasteiger partial charge in [0.1, 0.15) is 18.5 Å². The van der Waals surface area contributed by atoms with E-state index in [0.29, 0.717) is 6.61 Å². The summed E-state index contributed by atoms with van der Waals surface area (Å²) in [4.78, 5) is 0. The van der Waals surface area contributed by atoms with Crippen molar-refractivity contribution in [2.45, 2.75) is 33.0 Å². The van der Waals surface area contributed by atoms with Crippen molar-refractivity contribution in [3.05, 3.63) is 29.3 Å². The van der Waals surface area contributed by atoms with Gasteiger partial charge in [-0.25, -0.2) is 0 Å². The van der Waals surface area contributed by atoms with E-state index in [-0.39, 0.29) is 12.2 Å². The average molecular weight is 235 g/mol. The van der Waals surface area contributed by atoms with E-state index in [9.17, 15) is 0 Å². The molecule has 0 bridgehead atoms. The van der Waals surface area contributed by atoms with Gasteiger partial charge in [0.2, 0.25) is 0 Å². The molecule has 0 saturated carbocycles. The minimum Gasteiger partial charge on any atom is -0.490 e. The molecule has 1 saturated heterocycles. The van der Waals surface area contributed by atoms with Crippen LogP contribution >= 0.6 is 0 Å². The number of ether oxygens (including phenoxy) is 2. The first-order valence-corrected chi connectivity index (χ1v) is 6.22. The maximum absolute atomic E-state index is 5.89. The molecule has 0 amide bonds. The van der Waals surface area contributed by atoms with Crippen molar-refractivity contribution in [2.75, 3.05) is 19.7 Å². The molecule has 0 radical (unpaired) electrons. The molecule has 94 valence electrons. The van der Waals surface area contributed by atoms with Gasteiger partial charge < -0.3 is 14.8 Å². The maximum Gasteiger partial charge on any atom is 0.125 e. The lowest BCUT2D eigenvalue weighted by Crippen LogP contribution is -2.45. The third-order valence-electron chi connectivity index (χ3n) is 3.05. The summed E-state index contributed by atoms with van der Waals surface area (Å²) in [5.41, 5.74) is 2.36. The number of rotatable bonds is 3. The van der Waals surface area contributed by atoms with Crippen molar-refractivity contribution >= 4 is 0 Å². The minimum atomic E-state index is 0.151. The molecule has 17 heavy (non-hydrogen) atoms. The summed E-state index contributed by atoms with van der Waals surface area (Å²) >= 11 is 0. The van der Waals surface area contributed by atoms with E-state index in [2.05, 4.69) is 44.3 Å². The Kier molecular flexibility index (Phi) is 4.02. The standard InChI is InChI=1S/C14H21NO2/c1-10-5-4-6-11(2)14(10)16-9-13-8-15-7-12(3)17-13/h4-6,12-13,15H,7-9H2,1-3H3. The normalized spacial score (nSPS) is 24.6. The summed E-state index contributed by atoms with van der Waals surface area (Å²) in [6.45, 7) is 8.65. The highest BCUT2D eigenvalue weighted by atomic mass is 16.5. The number of benzene rings is 1. The first-order valence-electron chi connectivity index (χ1n) is 6.22. The zero-order valence-electron chi connectivity index (χ0n) is 10.8. The number of morpholine rings is 1. The second-order valence-electron chi connectivity index (χ2n) is 4.76. The van der Waals surface area contributed by atoms with Crippen molar-refractivity contribution in [3.63, 3.8) is 0 Å². The highest BCUT2D eigenvalue weighted by molar-refractivity contribution is 5.39. The van der Waals surface area contributed by atoms with Crippen LogP contribution in [0.25, 0.3) is 0 Å². The number of para-hydroxylation sites is 1. The highest BCUT2D eigenvalue weighted by Gasteiger charge is 2.19. The van der Waals surface area contributed by atoms with Gasteiger partial charge in [0.15, 0.2) is 0 Å². The van der Waals surface area contributed by atoms with Crippen molar-refractivity contribution in [1.29, 1.82) is 0 Å². The largest absolute Gasteiger partial charge is 0.490 e. The molecule has 0 aromatic heterocycles. The van der Waals surface area contributed by atoms with Crippen molar-refractivity contribution in [3.8, 4) is 5.75 Å². The third kappa shape index (κ3) is 3.20. The van der Waals surface area contributed by atoms with E-state index in [1.54, 1.807) is 0 Å². The molecular weight excluding hydrogens is 214 g/mol. The summed E-state index contributed by atoms with van der Waals surface area (Å²) in [7, 11) is 0. The van der Waals surface area contributed by atoms with E-state index in [4.69, 9.17) is 9.47 Å². The Bertz CT molecular complexity index is 358. The minimum absolute atomic E-state index is 0.151. The molecule has 1 aromatic carbocycles. The second kappa shape index (κ2) is 5.52. The first kappa shape index (κ1) is 12.4. The molecule has 1 N–H and O–H groups in total. The van der Waals surface area contributed by atoms with Crippen LogP contribution in [0.1, 0.15) is 18.1 Å². The number of hydrogen-bond donors (Lipinski definition) is 1. The Labute approximate surface area is 103 Å². The summed E-state index contributed by atoms with van der Waals surface area (Å²) in [6.07, 6.45) is 0.424. The highest BCUT2D eigenvalue weighted by Crippen LogP contribution is 2.22. The van der Waals surface area contributed by atoms with Crippen LogP contribution in [0.2, 0.25) is 0 Å². The number of nitrogens with one attached hydrogen (secondary N) is 1. The molecule has 3 nitrogen and oxygen atoms in total. The van der Waals surface area contributed by atoms with Crippen LogP contribution in [0.4, 0.5) is 0 Å². The van der Waals surface area contributed by atoms with Crippen LogP contribution in [0.3, 0.4) is 0 Å². The number of aryl methyl sites for hydroxylation is 2. The van der Waals surface area contributed by atoms with Crippen LogP contribution in [0.5, 0.6) is 5.75 Å². The lowest BCUT2D eigenvalue weighted by Gasteiger charge is -2.29. The summed E-state index contributed by atoms with van der Waals surface area (Å²) in [5, 5.41) is 3.35. The fourth-order valence-electron chi connectivity index (χ4n) is 2.17. The van der Waals surface area contributed by atoms with Gasteiger partial charge in [-0.1, -0.05) is 18.2 Å². The molecule has 2 rings (SSSR count). The Morgan fingerprint density at radius 2 is 2.00 bits per heavy atom. The molecule has 1 aliphatic heterocycles. The fraction of sp³-hybridized carbons (Fsp3) is 0.571. The van der Waals surface area contributed by atoms with Crippen LogP contribution in [-0.4, -0.2) is 31.9 Å². The maximum atomic E-state index is 5.89. The van der Waals surface area contributed by atoms with Gasteiger partial charge in [-0.2, -0.15) is 0 Å². The van der Waals surface area contributed by atoms with Gasteiger partial charge in [-0.05, 0) is 31.9 Å². The van der Waals surface area contributed by atoms with Gasteiger partial charge in [0, 0.05) is 13.1 Å². The molecule has 2 unspecified atom stereocenters. The SMILES string of the molecule is Cc1cccc(C)c1OCC1CNCC(C)O1. The van der Waals surface area contributed by atoms with Gasteiger partial charge in [-0.15, -0.1) is 0 Å². The monoisotopic (exact) mass is 235 g/mol. The van der Waals surface area contributed by atoms with Crippen LogP contribution in [0, 0.1) is 13.8 Å². The van der Waals surface area contributed by atoms with Crippen LogP contribution in [-0.2, 0) is 4.74 Å². The van der Waals surface area contributed by atoms with Crippen LogP contribution in [0.15, 0.2) is 18.2 Å². The molecule has 1 aromatic rings. The number of hydrogen-bond acceptors (Lipinski definition) is 3. The Balaban J connectivity index is 1.93. The molecule has 0 aliphatic carbocycles. The molecule has 1 fully saturated rings. The summed E-state index contributed by atoms with van der Waals surface area (Å²) in [5.74, 6) is 0.995. The smallest absolute Gasteiger partial charge is 0.125 e. The van der Waals surface area contributed by atoms with Crippen molar-refractivity contribution in [1.82, 2.24) is 5.32 Å². The zero-order valence-corrected chi connectivity index (χ0v) is 10.8. The third-order valence-corrected chi connectivity index (χ3v) is 3.05. The molecule has 2 atom stereocenters. The van der Waals surface area contributed by atoms with E-state index < -0.39 is 0 Å². The predicted molar refractivity (Wildman–Crippen MR) is 68.6 cm³/mol. The molecular formula is C14H21NO2. The Morgan fingerprint density at radius 3 is 2.65 bits per heavy atom. The lowest BCUT2D eigenvalue weighted by molar-refractivity contribution is -0.0472. The van der Waals surface area contributed by atoms with Crippen LogP contribution < -0.4 is 10.1 Å². The first-order chi connectivity index (χ1) is 8.16. The van der Waals surface area contributed by atoms with Gasteiger partial charge in [0.05, 0.1) is 6.10 Å². The average Bonchev–Trinajstić information content (AvgIpc) is 2.28. The van der Waals surface area contributed by atoms with E-state index >= 15 is 0 Å². The van der Waals surface area contributed by atoms with Crippen molar-refractivity contribution in [2.24, 2.45) is 0 Å². The Hall–Kier alpha value is -1.06. The van der Waals surface area contributed by atoms with Gasteiger partial charge in [-0.3, -0.25) is 0 Å². The molecule has 0 spiro atoms. The molecule has 3 heteroatoms. The van der Waals surface area contributed by atoms with E-state index in [1.165, 1.54) is 11.1 Å². The Morgan fingerprint density at radius 1 is 1.29 bits per heavy atom. The van der Waals surface area contributed by atoms with Crippen molar-refractivity contribution < 1.29 is 9.47 Å². The van der Waals surface area contributed by atoms with Gasteiger partial charge >= 0.3 is 0 Å². The van der Waals surface area contributed by atoms with Gasteiger partial charge in [0.25, 0.3) is 0 Å². The zero-order chi connectivity index (χ0) is 12.3. The molecule has 1 heterocycles. The predicted octanol–water partition coefficient (Wildman–Crippen LogP) is 2.06. The molecule has 1 aliphatic rings. The van der Waals surface area contributed by atoms with E-state index in [1.807, 2.05) is 0 Å². The quantitative estimate of drug-likeness (QED) is 0.870.